The summed E-state index contributed by atoms with van der Waals surface area (Å²) in [7, 11) is 0. The normalized spacial score (nSPS) is 25.3. The molecular formula is C17H22O4. The number of hydrogen-bond acceptors (Lipinski definition) is 4. The molecule has 1 heterocycles. The molecule has 1 fully saturated rings. The molecule has 1 aromatic carbocycles. The van der Waals surface area contributed by atoms with Crippen LogP contribution >= 0.6 is 0 Å². The average molecular weight is 290 g/mol. The van der Waals surface area contributed by atoms with Crippen molar-refractivity contribution in [1.29, 1.82) is 0 Å². The third kappa shape index (κ3) is 3.93. The number of rotatable bonds is 5. The SMILES string of the molecule is C=C(C)C(=O)OCC1(CC)COC(c2ccccc2)OC1. The fourth-order valence-electron chi connectivity index (χ4n) is 2.13. The van der Waals surface area contributed by atoms with Crippen LogP contribution in [0.4, 0.5) is 0 Å². The van der Waals surface area contributed by atoms with Crippen LogP contribution in [-0.4, -0.2) is 25.8 Å². The molecule has 1 aliphatic rings. The van der Waals surface area contributed by atoms with Crippen molar-refractivity contribution in [3.8, 4) is 0 Å². The van der Waals surface area contributed by atoms with Gasteiger partial charge in [0.25, 0.3) is 0 Å². The monoisotopic (exact) mass is 290 g/mol. The third-order valence-electron chi connectivity index (χ3n) is 3.76. The number of benzene rings is 1. The standard InChI is InChI=1S/C17H22O4/c1-4-17(10-19-15(18)13(2)3)11-20-16(21-12-17)14-8-6-5-7-9-14/h5-9,16H,2,4,10-12H2,1,3H3. The smallest absolute Gasteiger partial charge is 0.333 e. The predicted molar refractivity (Wildman–Crippen MR) is 79.6 cm³/mol. The lowest BCUT2D eigenvalue weighted by atomic mass is 9.87. The molecule has 0 bridgehead atoms. The van der Waals surface area contributed by atoms with Gasteiger partial charge < -0.3 is 14.2 Å². The third-order valence-corrected chi connectivity index (χ3v) is 3.76. The molecule has 4 nitrogen and oxygen atoms in total. The van der Waals surface area contributed by atoms with Gasteiger partial charge in [0, 0.05) is 11.1 Å². The van der Waals surface area contributed by atoms with Gasteiger partial charge >= 0.3 is 5.97 Å². The minimum atomic E-state index is -0.368. The van der Waals surface area contributed by atoms with Gasteiger partial charge in [-0.25, -0.2) is 4.79 Å². The van der Waals surface area contributed by atoms with Gasteiger partial charge in [0.2, 0.25) is 0 Å². The van der Waals surface area contributed by atoms with Gasteiger partial charge in [-0.2, -0.15) is 0 Å². The zero-order valence-electron chi connectivity index (χ0n) is 12.6. The van der Waals surface area contributed by atoms with Crippen LogP contribution < -0.4 is 0 Å². The van der Waals surface area contributed by atoms with Crippen LogP contribution in [0.25, 0.3) is 0 Å². The van der Waals surface area contributed by atoms with Crippen LogP contribution in [0.15, 0.2) is 42.5 Å². The maximum atomic E-state index is 11.5. The highest BCUT2D eigenvalue weighted by atomic mass is 16.7. The van der Waals surface area contributed by atoms with Crippen molar-refractivity contribution in [2.45, 2.75) is 26.6 Å². The molecule has 0 spiro atoms. The van der Waals surface area contributed by atoms with Crippen molar-refractivity contribution in [3.05, 3.63) is 48.0 Å². The maximum Gasteiger partial charge on any atom is 0.333 e. The summed E-state index contributed by atoms with van der Waals surface area (Å²) in [6.45, 7) is 8.57. The molecule has 0 saturated carbocycles. The number of ether oxygens (including phenoxy) is 3. The molecule has 1 saturated heterocycles. The molecule has 21 heavy (non-hydrogen) atoms. The molecule has 114 valence electrons. The van der Waals surface area contributed by atoms with Gasteiger partial charge in [0.05, 0.1) is 18.6 Å². The van der Waals surface area contributed by atoms with Crippen LogP contribution in [0.5, 0.6) is 0 Å². The summed E-state index contributed by atoms with van der Waals surface area (Å²) in [6, 6.07) is 9.83. The summed E-state index contributed by atoms with van der Waals surface area (Å²) >= 11 is 0. The molecule has 0 N–H and O–H groups in total. The molecule has 0 atom stereocenters. The van der Waals surface area contributed by atoms with Crippen molar-refractivity contribution in [2.75, 3.05) is 19.8 Å². The Morgan fingerprint density at radius 1 is 1.33 bits per heavy atom. The second-order valence-corrected chi connectivity index (χ2v) is 5.57. The van der Waals surface area contributed by atoms with E-state index in [9.17, 15) is 4.79 Å². The summed E-state index contributed by atoms with van der Waals surface area (Å²) < 4.78 is 16.9. The van der Waals surface area contributed by atoms with Crippen molar-refractivity contribution in [1.82, 2.24) is 0 Å². The Hall–Kier alpha value is -1.65. The van der Waals surface area contributed by atoms with E-state index in [0.29, 0.717) is 18.8 Å². The Labute approximate surface area is 125 Å². The van der Waals surface area contributed by atoms with Gasteiger partial charge in [0.15, 0.2) is 6.29 Å². The summed E-state index contributed by atoms with van der Waals surface area (Å²) in [6.07, 6.45) is 0.473. The van der Waals surface area contributed by atoms with Crippen molar-refractivity contribution >= 4 is 5.97 Å². The summed E-state index contributed by atoms with van der Waals surface area (Å²) in [5, 5.41) is 0. The lowest BCUT2D eigenvalue weighted by Gasteiger charge is -2.39. The number of hydrogen-bond donors (Lipinski definition) is 0. The summed E-state index contributed by atoms with van der Waals surface area (Å²) in [4.78, 5) is 11.5. The van der Waals surface area contributed by atoms with Gasteiger partial charge in [-0.15, -0.1) is 0 Å². The molecule has 0 amide bonds. The van der Waals surface area contributed by atoms with E-state index in [1.807, 2.05) is 37.3 Å². The zero-order valence-corrected chi connectivity index (χ0v) is 12.6. The van der Waals surface area contributed by atoms with Crippen molar-refractivity contribution < 1.29 is 19.0 Å². The van der Waals surface area contributed by atoms with E-state index in [-0.39, 0.29) is 24.3 Å². The first kappa shape index (κ1) is 15.7. The average Bonchev–Trinajstić information content (AvgIpc) is 2.54. The lowest BCUT2D eigenvalue weighted by molar-refractivity contribution is -0.243. The fraction of sp³-hybridized carbons (Fsp3) is 0.471. The van der Waals surface area contributed by atoms with Crippen LogP contribution in [0.3, 0.4) is 0 Å². The molecular weight excluding hydrogens is 268 g/mol. The van der Waals surface area contributed by atoms with E-state index >= 15 is 0 Å². The molecule has 0 radical (unpaired) electrons. The van der Waals surface area contributed by atoms with Crippen molar-refractivity contribution in [3.63, 3.8) is 0 Å². The maximum absolute atomic E-state index is 11.5. The molecule has 0 unspecified atom stereocenters. The first-order valence-electron chi connectivity index (χ1n) is 7.17. The number of carbonyl (C=O) groups excluding carboxylic acids is 1. The Morgan fingerprint density at radius 2 is 1.95 bits per heavy atom. The second-order valence-electron chi connectivity index (χ2n) is 5.57. The molecule has 1 aromatic rings. The number of esters is 1. The largest absolute Gasteiger partial charge is 0.462 e. The minimum Gasteiger partial charge on any atom is -0.462 e. The van der Waals surface area contributed by atoms with Crippen LogP contribution in [0, 0.1) is 5.41 Å². The van der Waals surface area contributed by atoms with E-state index < -0.39 is 0 Å². The van der Waals surface area contributed by atoms with Gasteiger partial charge in [-0.3, -0.25) is 0 Å². The Bertz CT molecular complexity index is 487. The van der Waals surface area contributed by atoms with Crippen LogP contribution in [0.2, 0.25) is 0 Å². The predicted octanol–water partition coefficient (Wildman–Crippen LogP) is 3.25. The second kappa shape index (κ2) is 6.87. The van der Waals surface area contributed by atoms with E-state index in [1.165, 1.54) is 0 Å². The van der Waals surface area contributed by atoms with Crippen LogP contribution in [-0.2, 0) is 19.0 Å². The van der Waals surface area contributed by atoms with Gasteiger partial charge in [0.1, 0.15) is 6.61 Å². The minimum absolute atomic E-state index is 0.281. The van der Waals surface area contributed by atoms with E-state index in [4.69, 9.17) is 14.2 Å². The first-order valence-corrected chi connectivity index (χ1v) is 7.17. The van der Waals surface area contributed by atoms with Crippen molar-refractivity contribution in [2.24, 2.45) is 5.41 Å². The summed E-state index contributed by atoms with van der Waals surface area (Å²) in [5.74, 6) is -0.368. The highest BCUT2D eigenvalue weighted by Crippen LogP contribution is 2.34. The molecule has 0 aliphatic carbocycles. The van der Waals surface area contributed by atoms with E-state index in [2.05, 4.69) is 6.58 Å². The Balaban J connectivity index is 1.93. The molecule has 1 aliphatic heterocycles. The van der Waals surface area contributed by atoms with Crippen LogP contribution in [0.1, 0.15) is 32.1 Å². The molecule has 2 rings (SSSR count). The quantitative estimate of drug-likeness (QED) is 0.617. The van der Waals surface area contributed by atoms with E-state index in [1.54, 1.807) is 6.92 Å². The highest BCUT2D eigenvalue weighted by Gasteiger charge is 2.37. The zero-order chi connectivity index (χ0) is 15.3. The lowest BCUT2D eigenvalue weighted by Crippen LogP contribution is -2.42. The fourth-order valence-corrected chi connectivity index (χ4v) is 2.13. The molecule has 0 aromatic heterocycles. The van der Waals surface area contributed by atoms with Gasteiger partial charge in [-0.1, -0.05) is 43.8 Å². The van der Waals surface area contributed by atoms with Gasteiger partial charge in [-0.05, 0) is 13.3 Å². The number of carbonyl (C=O) groups is 1. The first-order chi connectivity index (χ1) is 10.1. The highest BCUT2D eigenvalue weighted by molar-refractivity contribution is 5.86. The topological polar surface area (TPSA) is 44.8 Å². The van der Waals surface area contributed by atoms with E-state index in [0.717, 1.165) is 12.0 Å². The summed E-state index contributed by atoms with van der Waals surface area (Å²) in [5.41, 5.74) is 1.12. The Morgan fingerprint density at radius 3 is 2.48 bits per heavy atom. The molecule has 4 heteroatoms. The Kier molecular flexibility index (Phi) is 5.15.